The van der Waals surface area contributed by atoms with Crippen LogP contribution in [0.5, 0.6) is 11.5 Å². The van der Waals surface area contributed by atoms with E-state index in [0.717, 1.165) is 0 Å². The van der Waals surface area contributed by atoms with E-state index in [0.29, 0.717) is 29.8 Å². The number of phenols is 1. The fourth-order valence-electron chi connectivity index (χ4n) is 4.47. The van der Waals surface area contributed by atoms with Gasteiger partial charge in [-0.25, -0.2) is 4.79 Å². The van der Waals surface area contributed by atoms with Gasteiger partial charge in [0.1, 0.15) is 5.92 Å². The topological polar surface area (TPSA) is 111 Å². The molecule has 178 valence electrons. The molecule has 1 aliphatic heterocycles. The SMILES string of the molecule is CCCOC(=O)C1=C(C)NC2=C(C(=O)[C@H](C(=O)OC)[C@H](C)C2)[C@@H]1c1cc(Cl)c(O)c(OC)c1. The van der Waals surface area contributed by atoms with Crippen LogP contribution >= 0.6 is 11.6 Å². The average molecular weight is 478 g/mol. The van der Waals surface area contributed by atoms with Crippen LogP contribution in [0.15, 0.2) is 34.7 Å². The predicted molar refractivity (Wildman–Crippen MR) is 121 cm³/mol. The number of nitrogens with one attached hydrogen (secondary N) is 1. The maximum Gasteiger partial charge on any atom is 0.336 e. The fraction of sp³-hybridized carbons (Fsp3) is 0.458. The van der Waals surface area contributed by atoms with Crippen LogP contribution in [0.4, 0.5) is 0 Å². The quantitative estimate of drug-likeness (QED) is 0.472. The number of carbonyl (C=O) groups is 3. The summed E-state index contributed by atoms with van der Waals surface area (Å²) in [5, 5.41) is 13.4. The van der Waals surface area contributed by atoms with Gasteiger partial charge in [0.25, 0.3) is 0 Å². The number of ketones is 1. The van der Waals surface area contributed by atoms with Crippen LogP contribution in [0.2, 0.25) is 5.02 Å². The monoisotopic (exact) mass is 477 g/mol. The minimum absolute atomic E-state index is 0.00473. The molecule has 0 saturated heterocycles. The van der Waals surface area contributed by atoms with E-state index in [1.165, 1.54) is 26.4 Å². The summed E-state index contributed by atoms with van der Waals surface area (Å²) in [6.07, 6.45) is 1.04. The number of allylic oxidation sites excluding steroid dienone is 3. The van der Waals surface area contributed by atoms with Gasteiger partial charge in [0.2, 0.25) is 0 Å². The van der Waals surface area contributed by atoms with Gasteiger partial charge in [-0.3, -0.25) is 9.59 Å². The summed E-state index contributed by atoms with van der Waals surface area (Å²) in [7, 11) is 2.62. The van der Waals surface area contributed by atoms with Crippen LogP contribution in [0, 0.1) is 11.8 Å². The molecule has 9 heteroatoms. The number of rotatable bonds is 6. The molecule has 0 aromatic heterocycles. The Morgan fingerprint density at radius 3 is 2.58 bits per heavy atom. The van der Waals surface area contributed by atoms with E-state index in [1.54, 1.807) is 6.92 Å². The molecule has 1 aliphatic carbocycles. The molecule has 3 atom stereocenters. The Bertz CT molecular complexity index is 1060. The number of phenolic OH excluding ortho intramolecular Hbond substituents is 1. The van der Waals surface area contributed by atoms with Gasteiger partial charge in [-0.2, -0.15) is 0 Å². The third-order valence-corrected chi connectivity index (χ3v) is 6.29. The van der Waals surface area contributed by atoms with E-state index in [9.17, 15) is 19.5 Å². The second-order valence-electron chi connectivity index (χ2n) is 8.22. The number of hydrogen-bond acceptors (Lipinski definition) is 8. The lowest BCUT2D eigenvalue weighted by molar-refractivity contribution is -0.151. The van der Waals surface area contributed by atoms with E-state index in [2.05, 4.69) is 5.32 Å². The smallest absolute Gasteiger partial charge is 0.336 e. The molecular formula is C24H28ClNO7. The molecule has 8 nitrogen and oxygen atoms in total. The van der Waals surface area contributed by atoms with E-state index >= 15 is 0 Å². The Balaban J connectivity index is 2.24. The number of methoxy groups -OCH3 is 2. The van der Waals surface area contributed by atoms with Crippen LogP contribution in [0.1, 0.15) is 45.1 Å². The number of ether oxygens (including phenoxy) is 3. The summed E-state index contributed by atoms with van der Waals surface area (Å²) >= 11 is 6.25. The number of aromatic hydroxyl groups is 1. The van der Waals surface area contributed by atoms with Crippen LogP contribution in [0.3, 0.4) is 0 Å². The van der Waals surface area contributed by atoms with Crippen molar-refractivity contribution < 1.29 is 33.7 Å². The number of dihydropyridines is 1. The Kier molecular flexibility index (Phi) is 7.37. The molecule has 33 heavy (non-hydrogen) atoms. The first-order chi connectivity index (χ1) is 15.7. The van der Waals surface area contributed by atoms with Crippen molar-refractivity contribution in [2.24, 2.45) is 11.8 Å². The minimum atomic E-state index is -1.00. The second-order valence-corrected chi connectivity index (χ2v) is 8.63. The third kappa shape index (κ3) is 4.44. The zero-order valence-corrected chi connectivity index (χ0v) is 20.0. The zero-order chi connectivity index (χ0) is 24.4. The van der Waals surface area contributed by atoms with Gasteiger partial charge in [0.15, 0.2) is 17.3 Å². The number of benzene rings is 1. The van der Waals surface area contributed by atoms with Crippen LogP contribution in [-0.2, 0) is 23.9 Å². The average Bonchev–Trinajstić information content (AvgIpc) is 2.77. The van der Waals surface area contributed by atoms with Crippen LogP contribution < -0.4 is 10.1 Å². The van der Waals surface area contributed by atoms with Crippen molar-refractivity contribution in [2.75, 3.05) is 20.8 Å². The first-order valence-corrected chi connectivity index (χ1v) is 11.1. The number of Topliss-reactive ketones (excluding diaryl/α,β-unsaturated/α-hetero) is 1. The van der Waals surface area contributed by atoms with E-state index < -0.39 is 29.6 Å². The molecule has 0 amide bonds. The lowest BCUT2D eigenvalue weighted by Gasteiger charge is -2.38. The molecule has 2 N–H and O–H groups in total. The summed E-state index contributed by atoms with van der Waals surface area (Å²) in [5.41, 5.74) is 2.14. The van der Waals surface area contributed by atoms with Gasteiger partial charge < -0.3 is 24.6 Å². The maximum atomic E-state index is 13.7. The standard InChI is InChI=1S/C24H28ClNO7/c1-6-7-33-24(30)18-12(3)26-15-8-11(2)17(23(29)32-5)22(28)20(15)19(18)13-9-14(25)21(27)16(10-13)31-4/h9-11,17,19,26-27H,6-8H2,1-5H3/t11-,17-,19-/m1/s1. The highest BCUT2D eigenvalue weighted by molar-refractivity contribution is 6.32. The van der Waals surface area contributed by atoms with Crippen molar-refractivity contribution >= 4 is 29.3 Å². The lowest BCUT2D eigenvalue weighted by Crippen LogP contribution is -2.43. The summed E-state index contributed by atoms with van der Waals surface area (Å²) in [6, 6.07) is 3.01. The number of halogens is 1. The molecule has 2 aliphatic rings. The van der Waals surface area contributed by atoms with Crippen molar-refractivity contribution in [3.8, 4) is 11.5 Å². The molecule has 0 unspecified atom stereocenters. The van der Waals surface area contributed by atoms with Gasteiger partial charge in [0, 0.05) is 22.9 Å². The summed E-state index contributed by atoms with van der Waals surface area (Å²) in [5.74, 6) is -3.95. The highest BCUT2D eigenvalue weighted by Gasteiger charge is 2.47. The summed E-state index contributed by atoms with van der Waals surface area (Å²) in [6.45, 7) is 5.64. The second kappa shape index (κ2) is 9.87. The number of carbonyl (C=O) groups excluding carboxylic acids is 3. The van der Waals surface area contributed by atoms with Gasteiger partial charge in [0.05, 0.1) is 31.4 Å². The maximum absolute atomic E-state index is 13.7. The Morgan fingerprint density at radius 2 is 1.97 bits per heavy atom. The minimum Gasteiger partial charge on any atom is -0.503 e. The Hall–Kier alpha value is -3.00. The van der Waals surface area contributed by atoms with Gasteiger partial charge in [-0.05, 0) is 43.4 Å². The summed E-state index contributed by atoms with van der Waals surface area (Å²) in [4.78, 5) is 39.2. The Morgan fingerprint density at radius 1 is 1.27 bits per heavy atom. The van der Waals surface area contributed by atoms with Crippen molar-refractivity contribution in [2.45, 2.75) is 39.5 Å². The normalized spacial score (nSPS) is 22.5. The summed E-state index contributed by atoms with van der Waals surface area (Å²) < 4.78 is 15.6. The third-order valence-electron chi connectivity index (χ3n) is 6.00. The van der Waals surface area contributed by atoms with E-state index in [4.69, 9.17) is 25.8 Å². The van der Waals surface area contributed by atoms with E-state index in [-0.39, 0.29) is 40.2 Å². The molecule has 0 bridgehead atoms. The highest BCUT2D eigenvalue weighted by atomic mass is 35.5. The molecule has 1 aromatic carbocycles. The number of esters is 2. The van der Waals surface area contributed by atoms with E-state index in [1.807, 2.05) is 13.8 Å². The Labute approximate surface area is 197 Å². The lowest BCUT2D eigenvalue weighted by atomic mass is 9.69. The molecule has 3 rings (SSSR count). The van der Waals surface area contributed by atoms with Crippen molar-refractivity contribution in [1.29, 1.82) is 0 Å². The first kappa shape index (κ1) is 24.6. The highest BCUT2D eigenvalue weighted by Crippen LogP contribution is 2.48. The van der Waals surface area contributed by atoms with Gasteiger partial charge in [-0.1, -0.05) is 25.4 Å². The molecule has 0 fully saturated rings. The largest absolute Gasteiger partial charge is 0.503 e. The molecule has 0 saturated carbocycles. The zero-order valence-electron chi connectivity index (χ0n) is 19.3. The van der Waals surface area contributed by atoms with Gasteiger partial charge in [-0.15, -0.1) is 0 Å². The molecular weight excluding hydrogens is 450 g/mol. The molecule has 1 aromatic rings. The predicted octanol–water partition coefficient (Wildman–Crippen LogP) is 3.62. The molecule has 0 radical (unpaired) electrons. The molecule has 1 heterocycles. The van der Waals surface area contributed by atoms with Crippen molar-refractivity contribution in [3.63, 3.8) is 0 Å². The van der Waals surface area contributed by atoms with Gasteiger partial charge >= 0.3 is 11.9 Å². The van der Waals surface area contributed by atoms with Crippen molar-refractivity contribution in [1.82, 2.24) is 5.32 Å². The van der Waals surface area contributed by atoms with Crippen LogP contribution in [0.25, 0.3) is 0 Å². The molecule has 0 spiro atoms. The van der Waals surface area contributed by atoms with Crippen LogP contribution in [-0.4, -0.2) is 43.7 Å². The van der Waals surface area contributed by atoms with Crippen molar-refractivity contribution in [3.05, 3.63) is 45.3 Å². The fourth-order valence-corrected chi connectivity index (χ4v) is 4.69. The number of hydrogen-bond donors (Lipinski definition) is 2. The first-order valence-electron chi connectivity index (χ1n) is 10.7.